The Labute approximate surface area is 214 Å². The van der Waals surface area contributed by atoms with Crippen molar-refractivity contribution in [2.24, 2.45) is 0 Å². The number of halogens is 2. The van der Waals surface area contributed by atoms with E-state index >= 15 is 0 Å². The Morgan fingerprint density at radius 2 is 1.86 bits per heavy atom. The Bertz CT molecular complexity index is 1530. The lowest BCUT2D eigenvalue weighted by molar-refractivity contribution is 0.0691. The number of pyridine rings is 2. The number of carboxylic acid groups (broad SMARTS) is 1. The molecule has 0 unspecified atom stereocenters. The van der Waals surface area contributed by atoms with Crippen molar-refractivity contribution in [2.75, 3.05) is 10.2 Å². The predicted octanol–water partition coefficient (Wildman–Crippen LogP) is 5.21. The fourth-order valence-corrected chi connectivity index (χ4v) is 5.09. The van der Waals surface area contributed by atoms with Crippen molar-refractivity contribution in [1.29, 1.82) is 0 Å². The number of anilines is 2. The van der Waals surface area contributed by atoms with Gasteiger partial charge in [-0.25, -0.2) is 14.8 Å². The van der Waals surface area contributed by atoms with Crippen molar-refractivity contribution in [3.05, 3.63) is 96.6 Å². The quantitative estimate of drug-likeness (QED) is 0.327. The van der Waals surface area contributed by atoms with Crippen molar-refractivity contribution in [1.82, 2.24) is 14.4 Å². The van der Waals surface area contributed by atoms with Crippen LogP contribution in [0.2, 0.25) is 5.15 Å². The van der Waals surface area contributed by atoms with Crippen LogP contribution in [0.5, 0.6) is 0 Å². The van der Waals surface area contributed by atoms with Gasteiger partial charge in [0.1, 0.15) is 15.3 Å². The SMILES string of the molecule is Cc1cc([C@@H](C)Nc2ccc(Cl)nc2C(=O)O)c2nc(N3Cc4ccccc4C3)c(Br)c(=O)n2c1. The van der Waals surface area contributed by atoms with E-state index in [1.54, 1.807) is 12.3 Å². The number of rotatable bonds is 5. The lowest BCUT2D eigenvalue weighted by atomic mass is 10.1. The van der Waals surface area contributed by atoms with Gasteiger partial charge in [0.15, 0.2) is 11.5 Å². The molecule has 5 rings (SSSR count). The molecule has 0 saturated carbocycles. The number of aryl methyl sites for hydroxylation is 1. The van der Waals surface area contributed by atoms with E-state index in [1.807, 2.05) is 32.0 Å². The topological polar surface area (TPSA) is 99.8 Å². The summed E-state index contributed by atoms with van der Waals surface area (Å²) >= 11 is 9.39. The molecule has 3 aromatic heterocycles. The van der Waals surface area contributed by atoms with Gasteiger partial charge in [-0.3, -0.25) is 9.20 Å². The second-order valence-electron chi connectivity index (χ2n) is 8.55. The number of hydrogen-bond donors (Lipinski definition) is 2. The molecular formula is C25H21BrClN5O3. The number of hydrogen-bond acceptors (Lipinski definition) is 6. The fourth-order valence-electron chi connectivity index (χ4n) is 4.41. The van der Waals surface area contributed by atoms with Crippen LogP contribution >= 0.6 is 27.5 Å². The second kappa shape index (κ2) is 8.98. The molecule has 2 N–H and O–H groups in total. The van der Waals surface area contributed by atoms with Crippen LogP contribution in [0.3, 0.4) is 0 Å². The third-order valence-corrected chi connectivity index (χ3v) is 6.96. The smallest absolute Gasteiger partial charge is 0.356 e. The highest BCUT2D eigenvalue weighted by Gasteiger charge is 2.25. The largest absolute Gasteiger partial charge is 0.476 e. The third-order valence-electron chi connectivity index (χ3n) is 6.06. The first-order valence-electron chi connectivity index (χ1n) is 10.9. The zero-order chi connectivity index (χ0) is 24.9. The summed E-state index contributed by atoms with van der Waals surface area (Å²) < 4.78 is 1.92. The van der Waals surface area contributed by atoms with Crippen LogP contribution in [0, 0.1) is 6.92 Å². The monoisotopic (exact) mass is 553 g/mol. The van der Waals surface area contributed by atoms with Gasteiger partial charge < -0.3 is 15.3 Å². The summed E-state index contributed by atoms with van der Waals surface area (Å²) in [6.07, 6.45) is 1.75. The first-order chi connectivity index (χ1) is 16.7. The summed E-state index contributed by atoms with van der Waals surface area (Å²) in [7, 11) is 0. The van der Waals surface area contributed by atoms with Crippen LogP contribution in [0.4, 0.5) is 11.5 Å². The number of nitrogens with zero attached hydrogens (tertiary/aromatic N) is 4. The summed E-state index contributed by atoms with van der Waals surface area (Å²) in [5.74, 6) is -0.617. The molecule has 0 fully saturated rings. The van der Waals surface area contributed by atoms with Crippen LogP contribution in [0.25, 0.3) is 5.65 Å². The average molecular weight is 555 g/mol. The molecule has 1 aliphatic heterocycles. The van der Waals surface area contributed by atoms with Crippen LogP contribution in [0.15, 0.2) is 57.9 Å². The van der Waals surface area contributed by atoms with Gasteiger partial charge in [0.05, 0.1) is 11.7 Å². The van der Waals surface area contributed by atoms with E-state index < -0.39 is 5.97 Å². The van der Waals surface area contributed by atoms with Crippen molar-refractivity contribution < 1.29 is 9.90 Å². The first-order valence-corrected chi connectivity index (χ1v) is 12.1. The van der Waals surface area contributed by atoms with Crippen LogP contribution < -0.4 is 15.8 Å². The van der Waals surface area contributed by atoms with Crippen molar-refractivity contribution >= 4 is 50.7 Å². The van der Waals surface area contributed by atoms with E-state index in [4.69, 9.17) is 16.6 Å². The zero-order valence-corrected chi connectivity index (χ0v) is 21.3. The van der Waals surface area contributed by atoms with Gasteiger partial charge in [-0.05, 0) is 64.7 Å². The molecule has 1 atom stereocenters. The molecule has 178 valence electrons. The average Bonchev–Trinajstić information content (AvgIpc) is 3.26. The molecule has 0 saturated heterocycles. The lowest BCUT2D eigenvalue weighted by Gasteiger charge is -2.22. The van der Waals surface area contributed by atoms with Gasteiger partial charge in [0.2, 0.25) is 0 Å². The minimum Gasteiger partial charge on any atom is -0.476 e. The van der Waals surface area contributed by atoms with Gasteiger partial charge in [-0.2, -0.15) is 0 Å². The van der Waals surface area contributed by atoms with E-state index in [1.165, 1.54) is 21.6 Å². The summed E-state index contributed by atoms with van der Waals surface area (Å²) in [6, 6.07) is 12.8. The summed E-state index contributed by atoms with van der Waals surface area (Å²) in [6.45, 7) is 5.09. The van der Waals surface area contributed by atoms with Crippen molar-refractivity contribution in [3.8, 4) is 0 Å². The fraction of sp³-hybridized carbons (Fsp3) is 0.200. The van der Waals surface area contributed by atoms with E-state index in [0.29, 0.717) is 34.7 Å². The van der Waals surface area contributed by atoms with Crippen LogP contribution in [0.1, 0.15) is 45.7 Å². The predicted molar refractivity (Wildman–Crippen MR) is 138 cm³/mol. The normalized spacial score (nSPS) is 13.7. The summed E-state index contributed by atoms with van der Waals surface area (Å²) in [5, 5.41) is 12.9. The number of nitrogens with one attached hydrogen (secondary N) is 1. The number of carbonyl (C=O) groups is 1. The zero-order valence-electron chi connectivity index (χ0n) is 18.9. The van der Waals surface area contributed by atoms with E-state index in [9.17, 15) is 14.7 Å². The van der Waals surface area contributed by atoms with Crippen molar-refractivity contribution in [2.45, 2.75) is 33.0 Å². The van der Waals surface area contributed by atoms with E-state index in [0.717, 1.165) is 11.1 Å². The Balaban J connectivity index is 1.60. The summed E-state index contributed by atoms with van der Waals surface area (Å²) in [5.41, 5.74) is 4.46. The minimum absolute atomic E-state index is 0.0935. The molecule has 4 aromatic rings. The summed E-state index contributed by atoms with van der Waals surface area (Å²) in [4.78, 5) is 36.0. The van der Waals surface area contributed by atoms with Gasteiger partial charge in [-0.1, -0.05) is 35.9 Å². The highest BCUT2D eigenvalue weighted by atomic mass is 79.9. The number of benzene rings is 1. The third kappa shape index (κ3) is 4.26. The Kier molecular flexibility index (Phi) is 5.98. The van der Waals surface area contributed by atoms with Gasteiger partial charge in [0, 0.05) is 24.8 Å². The van der Waals surface area contributed by atoms with Gasteiger partial charge >= 0.3 is 5.97 Å². The Hall–Kier alpha value is -3.43. The number of aromatic nitrogens is 3. The minimum atomic E-state index is -1.19. The molecule has 0 bridgehead atoms. The lowest BCUT2D eigenvalue weighted by Crippen LogP contribution is -2.25. The molecule has 1 aromatic carbocycles. The van der Waals surface area contributed by atoms with Gasteiger partial charge in [-0.15, -0.1) is 0 Å². The molecule has 0 spiro atoms. The molecule has 10 heteroatoms. The highest BCUT2D eigenvalue weighted by Crippen LogP contribution is 2.32. The number of carboxylic acids is 1. The molecule has 0 aliphatic carbocycles. The molecule has 1 aliphatic rings. The maximum absolute atomic E-state index is 13.4. The molecule has 35 heavy (non-hydrogen) atoms. The first kappa shape index (κ1) is 23.3. The number of fused-ring (bicyclic) bond motifs is 2. The van der Waals surface area contributed by atoms with Gasteiger partial charge in [0.25, 0.3) is 5.56 Å². The van der Waals surface area contributed by atoms with E-state index in [2.05, 4.69) is 43.3 Å². The second-order valence-corrected chi connectivity index (χ2v) is 9.73. The highest BCUT2D eigenvalue weighted by molar-refractivity contribution is 9.10. The maximum Gasteiger partial charge on any atom is 0.356 e. The Morgan fingerprint density at radius 1 is 1.17 bits per heavy atom. The molecule has 0 amide bonds. The standard InChI is InChI=1S/C25H21BrClN5O3/c1-13-9-17(14(2)28-18-7-8-19(27)29-21(18)25(34)35)22-30-23(20(26)24(33)32(22)10-13)31-11-15-5-3-4-6-16(15)12-31/h3-10,14,28H,11-12H2,1-2H3,(H,34,35)/t14-/m1/s1. The van der Waals surface area contributed by atoms with Crippen molar-refractivity contribution in [3.63, 3.8) is 0 Å². The molecular weight excluding hydrogens is 534 g/mol. The molecule has 0 radical (unpaired) electrons. The maximum atomic E-state index is 13.4. The van der Waals surface area contributed by atoms with Crippen LogP contribution in [-0.4, -0.2) is 25.4 Å². The Morgan fingerprint density at radius 3 is 2.51 bits per heavy atom. The molecule has 8 nitrogen and oxygen atoms in total. The van der Waals surface area contributed by atoms with Crippen LogP contribution in [-0.2, 0) is 13.1 Å². The number of aromatic carboxylic acids is 1. The van der Waals surface area contributed by atoms with E-state index in [-0.39, 0.29) is 22.4 Å². The molecule has 4 heterocycles.